The SMILES string of the molecule is CCOC(=O)c1sc2ncn(CCc3ccccc3)c(=O)c2c1C. The van der Waals surface area contributed by atoms with Crippen LogP contribution in [0.25, 0.3) is 10.2 Å². The van der Waals surface area contributed by atoms with Gasteiger partial charge in [0.05, 0.1) is 18.3 Å². The molecule has 0 aliphatic carbocycles. The van der Waals surface area contributed by atoms with Crippen LogP contribution in [0.15, 0.2) is 41.5 Å². The minimum Gasteiger partial charge on any atom is -0.462 e. The van der Waals surface area contributed by atoms with E-state index in [0.29, 0.717) is 33.8 Å². The van der Waals surface area contributed by atoms with E-state index in [9.17, 15) is 9.59 Å². The number of aryl methyl sites for hydroxylation is 3. The quantitative estimate of drug-likeness (QED) is 0.668. The lowest BCUT2D eigenvalue weighted by atomic mass is 10.1. The molecule has 0 saturated heterocycles. The molecule has 3 aromatic rings. The third-order valence-electron chi connectivity index (χ3n) is 3.86. The van der Waals surface area contributed by atoms with Gasteiger partial charge in [-0.2, -0.15) is 0 Å². The summed E-state index contributed by atoms with van der Waals surface area (Å²) in [6, 6.07) is 9.99. The lowest BCUT2D eigenvalue weighted by molar-refractivity contribution is 0.0531. The van der Waals surface area contributed by atoms with E-state index in [1.165, 1.54) is 16.9 Å². The lowest BCUT2D eigenvalue weighted by Gasteiger charge is -2.05. The zero-order valence-corrected chi connectivity index (χ0v) is 14.4. The number of hydrogen-bond donors (Lipinski definition) is 0. The second-order valence-corrected chi connectivity index (χ2v) is 6.43. The van der Waals surface area contributed by atoms with Crippen molar-refractivity contribution in [3.8, 4) is 0 Å². The van der Waals surface area contributed by atoms with Gasteiger partial charge >= 0.3 is 5.97 Å². The highest BCUT2D eigenvalue weighted by atomic mass is 32.1. The molecule has 2 aromatic heterocycles. The summed E-state index contributed by atoms with van der Waals surface area (Å²) in [7, 11) is 0. The first-order chi connectivity index (χ1) is 11.6. The van der Waals surface area contributed by atoms with Gasteiger partial charge < -0.3 is 4.74 Å². The molecule has 0 N–H and O–H groups in total. The molecule has 1 aromatic carbocycles. The molecule has 24 heavy (non-hydrogen) atoms. The second kappa shape index (κ2) is 6.97. The average Bonchev–Trinajstić information content (AvgIpc) is 2.93. The second-order valence-electron chi connectivity index (χ2n) is 5.44. The summed E-state index contributed by atoms with van der Waals surface area (Å²) >= 11 is 1.21. The van der Waals surface area contributed by atoms with Crippen LogP contribution >= 0.6 is 11.3 Å². The maximum Gasteiger partial charge on any atom is 0.348 e. The molecule has 2 heterocycles. The Hall–Kier alpha value is -2.47. The molecule has 0 saturated carbocycles. The maximum atomic E-state index is 12.7. The van der Waals surface area contributed by atoms with Crippen LogP contribution in [0.5, 0.6) is 0 Å². The van der Waals surface area contributed by atoms with Crippen molar-refractivity contribution < 1.29 is 9.53 Å². The van der Waals surface area contributed by atoms with Gasteiger partial charge in [-0.25, -0.2) is 9.78 Å². The first kappa shape index (κ1) is 16.4. The number of fused-ring (bicyclic) bond motifs is 1. The van der Waals surface area contributed by atoms with Crippen LogP contribution in [0.2, 0.25) is 0 Å². The van der Waals surface area contributed by atoms with Crippen molar-refractivity contribution in [2.45, 2.75) is 26.8 Å². The van der Waals surface area contributed by atoms with Crippen LogP contribution in [0, 0.1) is 6.92 Å². The van der Waals surface area contributed by atoms with Gasteiger partial charge in [-0.1, -0.05) is 30.3 Å². The number of nitrogens with zero attached hydrogens (tertiary/aromatic N) is 2. The fourth-order valence-electron chi connectivity index (χ4n) is 2.60. The zero-order valence-electron chi connectivity index (χ0n) is 13.6. The Kier molecular flexibility index (Phi) is 4.76. The van der Waals surface area contributed by atoms with Gasteiger partial charge in [0.2, 0.25) is 0 Å². The zero-order chi connectivity index (χ0) is 17.1. The molecule has 0 atom stereocenters. The van der Waals surface area contributed by atoms with Gasteiger partial charge in [-0.05, 0) is 31.4 Å². The Morgan fingerprint density at radius 3 is 2.75 bits per heavy atom. The van der Waals surface area contributed by atoms with Crippen molar-refractivity contribution in [3.05, 3.63) is 63.0 Å². The highest BCUT2D eigenvalue weighted by Gasteiger charge is 2.20. The van der Waals surface area contributed by atoms with Gasteiger partial charge in [0.25, 0.3) is 5.56 Å². The first-order valence-corrected chi connectivity index (χ1v) is 8.63. The van der Waals surface area contributed by atoms with Crippen molar-refractivity contribution in [3.63, 3.8) is 0 Å². The molecule has 0 radical (unpaired) electrons. The monoisotopic (exact) mass is 342 g/mol. The number of carbonyl (C=O) groups is 1. The average molecular weight is 342 g/mol. The predicted octanol–water partition coefficient (Wildman–Crippen LogP) is 3.19. The highest BCUT2D eigenvalue weighted by molar-refractivity contribution is 7.20. The smallest absolute Gasteiger partial charge is 0.348 e. The van der Waals surface area contributed by atoms with Crippen LogP contribution < -0.4 is 5.56 Å². The van der Waals surface area contributed by atoms with E-state index in [4.69, 9.17) is 4.74 Å². The van der Waals surface area contributed by atoms with E-state index in [-0.39, 0.29) is 5.56 Å². The normalized spacial score (nSPS) is 10.9. The minimum absolute atomic E-state index is 0.111. The fourth-order valence-corrected chi connectivity index (χ4v) is 3.64. The number of ether oxygens (including phenoxy) is 1. The summed E-state index contributed by atoms with van der Waals surface area (Å²) in [5.41, 5.74) is 1.71. The molecule has 0 bridgehead atoms. The van der Waals surface area contributed by atoms with Gasteiger partial charge in [-0.15, -0.1) is 11.3 Å². The van der Waals surface area contributed by atoms with Crippen molar-refractivity contribution in [1.82, 2.24) is 9.55 Å². The standard InChI is InChI=1S/C18H18N2O3S/c1-3-23-18(22)15-12(2)14-16(24-15)19-11-20(17(14)21)10-9-13-7-5-4-6-8-13/h4-8,11H,3,9-10H2,1-2H3. The number of esters is 1. The van der Waals surface area contributed by atoms with E-state index in [1.807, 2.05) is 30.3 Å². The van der Waals surface area contributed by atoms with E-state index >= 15 is 0 Å². The van der Waals surface area contributed by atoms with Crippen molar-refractivity contribution in [2.75, 3.05) is 6.61 Å². The molecule has 5 nitrogen and oxygen atoms in total. The highest BCUT2D eigenvalue weighted by Crippen LogP contribution is 2.27. The summed E-state index contributed by atoms with van der Waals surface area (Å²) in [4.78, 5) is 30.1. The molecule has 6 heteroatoms. The van der Waals surface area contributed by atoms with Crippen molar-refractivity contribution in [1.29, 1.82) is 0 Å². The number of aromatic nitrogens is 2. The maximum absolute atomic E-state index is 12.7. The van der Waals surface area contributed by atoms with Gasteiger partial charge in [0.15, 0.2) is 0 Å². The molecule has 3 rings (SSSR count). The molecule has 0 aliphatic heterocycles. The molecular formula is C18H18N2O3S. The summed E-state index contributed by atoms with van der Waals surface area (Å²) < 4.78 is 6.65. The third-order valence-corrected chi connectivity index (χ3v) is 5.04. The number of hydrogen-bond acceptors (Lipinski definition) is 5. The molecule has 0 amide bonds. The third kappa shape index (κ3) is 3.10. The van der Waals surface area contributed by atoms with E-state index < -0.39 is 5.97 Å². The van der Waals surface area contributed by atoms with Crippen LogP contribution in [-0.4, -0.2) is 22.1 Å². The summed E-state index contributed by atoms with van der Waals surface area (Å²) in [6.07, 6.45) is 2.31. The lowest BCUT2D eigenvalue weighted by Crippen LogP contribution is -2.21. The van der Waals surface area contributed by atoms with Crippen LogP contribution in [0.4, 0.5) is 0 Å². The Labute approximate surface area is 143 Å². The minimum atomic E-state index is -0.395. The van der Waals surface area contributed by atoms with Crippen molar-refractivity contribution in [2.24, 2.45) is 0 Å². The van der Waals surface area contributed by atoms with Crippen molar-refractivity contribution >= 4 is 27.5 Å². The molecule has 0 fully saturated rings. The molecule has 0 unspecified atom stereocenters. The number of thiophene rings is 1. The Morgan fingerprint density at radius 1 is 1.29 bits per heavy atom. The van der Waals surface area contributed by atoms with E-state index in [1.54, 1.807) is 24.7 Å². The van der Waals surface area contributed by atoms with Crippen LogP contribution in [-0.2, 0) is 17.7 Å². The topological polar surface area (TPSA) is 61.2 Å². The fraction of sp³-hybridized carbons (Fsp3) is 0.278. The largest absolute Gasteiger partial charge is 0.462 e. The molecule has 0 spiro atoms. The van der Waals surface area contributed by atoms with E-state index in [0.717, 1.165) is 6.42 Å². The predicted molar refractivity (Wildman–Crippen MR) is 94.7 cm³/mol. The summed E-state index contributed by atoms with van der Waals surface area (Å²) in [5, 5.41) is 0.513. The van der Waals surface area contributed by atoms with Gasteiger partial charge in [0, 0.05) is 6.54 Å². The Bertz CT molecular complexity index is 929. The Morgan fingerprint density at radius 2 is 2.04 bits per heavy atom. The molecule has 124 valence electrons. The Balaban J connectivity index is 1.94. The van der Waals surface area contributed by atoms with Crippen LogP contribution in [0.1, 0.15) is 27.7 Å². The number of benzene rings is 1. The summed E-state index contributed by atoms with van der Waals surface area (Å²) in [5.74, 6) is -0.395. The molecule has 0 aliphatic rings. The van der Waals surface area contributed by atoms with E-state index in [2.05, 4.69) is 4.98 Å². The van der Waals surface area contributed by atoms with Gasteiger partial charge in [0.1, 0.15) is 9.71 Å². The first-order valence-electron chi connectivity index (χ1n) is 7.81. The molecular weight excluding hydrogens is 324 g/mol. The number of carbonyl (C=O) groups excluding carboxylic acids is 1. The summed E-state index contributed by atoms with van der Waals surface area (Å²) in [6.45, 7) is 4.39. The van der Waals surface area contributed by atoms with Crippen LogP contribution in [0.3, 0.4) is 0 Å². The van der Waals surface area contributed by atoms with Gasteiger partial charge in [-0.3, -0.25) is 9.36 Å². The number of rotatable bonds is 5.